The smallest absolute Gasteiger partial charge is 0.405 e. The zero-order valence-corrected chi connectivity index (χ0v) is 14.4. The van der Waals surface area contributed by atoms with Crippen LogP contribution in [0.15, 0.2) is 33.6 Å². The summed E-state index contributed by atoms with van der Waals surface area (Å²) >= 11 is 3.15. The van der Waals surface area contributed by atoms with Gasteiger partial charge in [0.1, 0.15) is 6.04 Å². The number of rotatable bonds is 6. The second-order valence-electron chi connectivity index (χ2n) is 5.06. The minimum Gasteiger partial charge on any atom is -0.465 e. The summed E-state index contributed by atoms with van der Waals surface area (Å²) in [5, 5.41) is 10.8. The molecule has 0 bridgehead atoms. The van der Waals surface area contributed by atoms with Crippen molar-refractivity contribution in [1.82, 2.24) is 10.0 Å². The van der Waals surface area contributed by atoms with Gasteiger partial charge in [0.25, 0.3) is 15.9 Å². The molecule has 9 heteroatoms. The second kappa shape index (κ2) is 7.59. The number of nitrogens with one attached hydrogen (secondary N) is 2. The summed E-state index contributed by atoms with van der Waals surface area (Å²) in [6.45, 7) is 3.60. The Kier molecular flexibility index (Phi) is 6.36. The Morgan fingerprint density at radius 2 is 1.95 bits per heavy atom. The zero-order valence-electron chi connectivity index (χ0n) is 12.0. The van der Waals surface area contributed by atoms with Crippen LogP contribution in [-0.4, -0.2) is 31.6 Å². The van der Waals surface area contributed by atoms with Crippen LogP contribution in [0, 0.1) is 5.92 Å². The predicted molar refractivity (Wildman–Crippen MR) is 83.9 cm³/mol. The van der Waals surface area contributed by atoms with Gasteiger partial charge >= 0.3 is 6.09 Å². The molecule has 0 aromatic heterocycles. The number of hydrogen-bond donors (Lipinski definition) is 3. The number of sulfonamides is 1. The van der Waals surface area contributed by atoms with Gasteiger partial charge in [0.15, 0.2) is 0 Å². The number of amides is 2. The second-order valence-corrected chi connectivity index (χ2v) is 7.66. The van der Waals surface area contributed by atoms with Crippen molar-refractivity contribution < 1.29 is 23.1 Å². The Bertz CT molecular complexity index is 660. The first-order valence-corrected chi connectivity index (χ1v) is 8.71. The van der Waals surface area contributed by atoms with Crippen molar-refractivity contribution in [2.75, 3.05) is 0 Å². The lowest BCUT2D eigenvalue weighted by Crippen LogP contribution is -2.48. The summed E-state index contributed by atoms with van der Waals surface area (Å²) < 4.78 is 26.7. The van der Waals surface area contributed by atoms with E-state index in [4.69, 9.17) is 5.11 Å². The van der Waals surface area contributed by atoms with Crippen molar-refractivity contribution in [2.24, 2.45) is 5.92 Å². The highest BCUT2D eigenvalue weighted by molar-refractivity contribution is 9.10. The lowest BCUT2D eigenvalue weighted by atomic mass is 10.0. The van der Waals surface area contributed by atoms with Gasteiger partial charge in [0.05, 0.1) is 4.90 Å². The van der Waals surface area contributed by atoms with Crippen LogP contribution in [-0.2, 0) is 14.8 Å². The molecule has 1 rings (SSSR count). The van der Waals surface area contributed by atoms with E-state index < -0.39 is 28.1 Å². The number of benzene rings is 1. The van der Waals surface area contributed by atoms with Gasteiger partial charge in [-0.05, 0) is 30.5 Å². The van der Waals surface area contributed by atoms with E-state index in [1.807, 2.05) is 10.0 Å². The Hall–Kier alpha value is -1.61. The summed E-state index contributed by atoms with van der Waals surface area (Å²) in [7, 11) is -4.06. The van der Waals surface area contributed by atoms with Crippen LogP contribution in [0.2, 0.25) is 0 Å². The molecule has 0 spiro atoms. The van der Waals surface area contributed by atoms with Crippen LogP contribution in [0.4, 0.5) is 4.79 Å². The SMILES string of the molecule is CC(C)CC(NC(=O)O)C(=O)NS(=O)(=O)c1cccc(Br)c1. The lowest BCUT2D eigenvalue weighted by molar-refractivity contribution is -0.121. The van der Waals surface area contributed by atoms with E-state index in [0.717, 1.165) is 0 Å². The summed E-state index contributed by atoms with van der Waals surface area (Å²) in [6.07, 6.45) is -1.20. The molecule has 1 atom stereocenters. The van der Waals surface area contributed by atoms with Crippen LogP contribution in [0.5, 0.6) is 0 Å². The van der Waals surface area contributed by atoms with Crippen molar-refractivity contribution >= 4 is 38.0 Å². The van der Waals surface area contributed by atoms with Gasteiger partial charge in [-0.25, -0.2) is 17.9 Å². The van der Waals surface area contributed by atoms with Gasteiger partial charge in [-0.15, -0.1) is 0 Å². The molecule has 1 unspecified atom stereocenters. The average Bonchev–Trinajstić information content (AvgIpc) is 2.36. The van der Waals surface area contributed by atoms with E-state index in [-0.39, 0.29) is 17.2 Å². The van der Waals surface area contributed by atoms with Gasteiger partial charge in [-0.2, -0.15) is 0 Å². The molecule has 7 nitrogen and oxygen atoms in total. The van der Waals surface area contributed by atoms with Crippen LogP contribution >= 0.6 is 15.9 Å². The van der Waals surface area contributed by atoms with E-state index >= 15 is 0 Å². The number of carbonyl (C=O) groups is 2. The molecule has 0 saturated carbocycles. The quantitative estimate of drug-likeness (QED) is 0.684. The third kappa shape index (κ3) is 5.64. The Morgan fingerprint density at radius 1 is 1.32 bits per heavy atom. The summed E-state index contributed by atoms with van der Waals surface area (Å²) in [5.41, 5.74) is 0. The van der Waals surface area contributed by atoms with Gasteiger partial charge in [0.2, 0.25) is 0 Å². The maximum atomic E-state index is 12.1. The molecule has 0 aliphatic heterocycles. The molecule has 2 amide bonds. The Morgan fingerprint density at radius 3 is 2.45 bits per heavy atom. The normalized spacial score (nSPS) is 12.7. The van der Waals surface area contributed by atoms with Crippen LogP contribution in [0.25, 0.3) is 0 Å². The third-order valence-electron chi connectivity index (χ3n) is 2.66. The molecule has 1 aromatic carbocycles. The summed E-state index contributed by atoms with van der Waals surface area (Å²) in [5.74, 6) is -0.896. The van der Waals surface area contributed by atoms with E-state index in [9.17, 15) is 18.0 Å². The van der Waals surface area contributed by atoms with Crippen molar-refractivity contribution in [1.29, 1.82) is 0 Å². The van der Waals surface area contributed by atoms with Gasteiger partial charge in [0, 0.05) is 4.47 Å². The largest absolute Gasteiger partial charge is 0.465 e. The predicted octanol–water partition coefficient (Wildman–Crippen LogP) is 1.94. The van der Waals surface area contributed by atoms with E-state index in [1.54, 1.807) is 19.9 Å². The first-order valence-electron chi connectivity index (χ1n) is 6.43. The molecular weight excluding hydrogens is 376 g/mol. The minimum absolute atomic E-state index is 0.0103. The Labute approximate surface area is 137 Å². The van der Waals surface area contributed by atoms with Gasteiger partial charge in [-0.3, -0.25) is 4.79 Å². The monoisotopic (exact) mass is 392 g/mol. The molecular formula is C13H17BrN2O5S. The maximum Gasteiger partial charge on any atom is 0.405 e. The van der Waals surface area contributed by atoms with Crippen molar-refractivity contribution in [3.63, 3.8) is 0 Å². The summed E-state index contributed by atoms with van der Waals surface area (Å²) in [4.78, 5) is 22.7. The molecule has 0 radical (unpaired) electrons. The number of halogens is 1. The van der Waals surface area contributed by atoms with E-state index in [1.165, 1.54) is 18.2 Å². The molecule has 0 aliphatic carbocycles. The fraction of sp³-hybridized carbons (Fsp3) is 0.385. The van der Waals surface area contributed by atoms with Crippen LogP contribution in [0.1, 0.15) is 20.3 Å². The molecule has 0 heterocycles. The molecule has 0 fully saturated rings. The number of carbonyl (C=O) groups excluding carboxylic acids is 1. The molecule has 3 N–H and O–H groups in total. The van der Waals surface area contributed by atoms with Crippen LogP contribution in [0.3, 0.4) is 0 Å². The van der Waals surface area contributed by atoms with Crippen LogP contribution < -0.4 is 10.0 Å². The third-order valence-corrected chi connectivity index (χ3v) is 4.50. The fourth-order valence-electron chi connectivity index (χ4n) is 1.75. The first kappa shape index (κ1) is 18.4. The minimum atomic E-state index is -4.06. The van der Waals surface area contributed by atoms with E-state index in [0.29, 0.717) is 4.47 Å². The molecule has 1 aromatic rings. The van der Waals surface area contributed by atoms with Gasteiger partial charge < -0.3 is 10.4 Å². The average molecular weight is 393 g/mol. The Balaban J connectivity index is 2.94. The maximum absolute atomic E-state index is 12.1. The summed E-state index contributed by atoms with van der Waals surface area (Å²) in [6, 6.07) is 4.71. The van der Waals surface area contributed by atoms with Crippen molar-refractivity contribution in [3.8, 4) is 0 Å². The fourth-order valence-corrected chi connectivity index (χ4v) is 3.36. The molecule has 0 aliphatic rings. The zero-order chi connectivity index (χ0) is 16.9. The molecule has 0 saturated heterocycles. The first-order chi connectivity index (χ1) is 10.1. The molecule has 122 valence electrons. The highest BCUT2D eigenvalue weighted by atomic mass is 79.9. The van der Waals surface area contributed by atoms with Gasteiger partial charge in [-0.1, -0.05) is 35.8 Å². The lowest BCUT2D eigenvalue weighted by Gasteiger charge is -2.18. The van der Waals surface area contributed by atoms with Crippen molar-refractivity contribution in [2.45, 2.75) is 31.2 Å². The van der Waals surface area contributed by atoms with E-state index in [2.05, 4.69) is 15.9 Å². The standard InChI is InChI=1S/C13H17BrN2O5S/c1-8(2)6-11(15-13(18)19)12(17)16-22(20,21)10-5-3-4-9(14)7-10/h3-5,7-8,11,15H,6H2,1-2H3,(H,16,17)(H,18,19). The topological polar surface area (TPSA) is 113 Å². The highest BCUT2D eigenvalue weighted by Crippen LogP contribution is 2.16. The van der Waals surface area contributed by atoms with Crippen molar-refractivity contribution in [3.05, 3.63) is 28.7 Å². The number of carboxylic acid groups (broad SMARTS) is 1. The highest BCUT2D eigenvalue weighted by Gasteiger charge is 2.26. The molecule has 22 heavy (non-hydrogen) atoms. The number of hydrogen-bond acceptors (Lipinski definition) is 4.